The van der Waals surface area contributed by atoms with E-state index >= 15 is 0 Å². The topological polar surface area (TPSA) is 53.7 Å². The Kier molecular flexibility index (Phi) is 5.17. The first-order valence-corrected chi connectivity index (χ1v) is 7.42. The Bertz CT molecular complexity index is 547. The molecule has 2 aromatic rings. The van der Waals surface area contributed by atoms with E-state index in [-0.39, 0.29) is 0 Å². The summed E-state index contributed by atoms with van der Waals surface area (Å²) in [6, 6.07) is 3.85. The van der Waals surface area contributed by atoms with Gasteiger partial charge >= 0.3 is 0 Å². The first-order chi connectivity index (χ1) is 9.72. The number of nitrogens with one attached hydrogen (secondary N) is 1. The monoisotopic (exact) mass is 292 g/mol. The van der Waals surface area contributed by atoms with Gasteiger partial charge in [0.05, 0.1) is 19.4 Å². The molecular formula is C14H20N4OS. The highest BCUT2D eigenvalue weighted by Gasteiger charge is 2.09. The molecule has 0 aliphatic heterocycles. The van der Waals surface area contributed by atoms with Gasteiger partial charge < -0.3 is 14.6 Å². The van der Waals surface area contributed by atoms with Gasteiger partial charge in [-0.25, -0.2) is 4.98 Å². The van der Waals surface area contributed by atoms with Crippen LogP contribution in [0.5, 0.6) is 0 Å². The van der Waals surface area contributed by atoms with Crippen LogP contribution in [0.2, 0.25) is 0 Å². The predicted molar refractivity (Wildman–Crippen MR) is 81.9 cm³/mol. The molecule has 20 heavy (non-hydrogen) atoms. The standard InChI is InChI=1S/C14H20N4OS/c1-4-12-8-16-13(20-12)9-17-14(15-2)18(3)10-11-6-5-7-19-11/h5-8H,4,9-10H2,1-3H3,(H,15,17). The summed E-state index contributed by atoms with van der Waals surface area (Å²) in [6.45, 7) is 3.52. The van der Waals surface area contributed by atoms with Crippen molar-refractivity contribution in [1.82, 2.24) is 15.2 Å². The van der Waals surface area contributed by atoms with Crippen LogP contribution in [-0.4, -0.2) is 29.9 Å². The predicted octanol–water partition coefficient (Wildman–Crippen LogP) is 2.51. The van der Waals surface area contributed by atoms with Crippen molar-refractivity contribution in [2.24, 2.45) is 4.99 Å². The summed E-state index contributed by atoms with van der Waals surface area (Å²) in [6.07, 6.45) is 4.66. The first-order valence-electron chi connectivity index (χ1n) is 6.60. The van der Waals surface area contributed by atoms with E-state index in [9.17, 15) is 0 Å². The maximum atomic E-state index is 5.34. The van der Waals surface area contributed by atoms with E-state index in [1.54, 1.807) is 24.6 Å². The molecule has 0 atom stereocenters. The average Bonchev–Trinajstić information content (AvgIpc) is 3.10. The summed E-state index contributed by atoms with van der Waals surface area (Å²) >= 11 is 1.74. The van der Waals surface area contributed by atoms with E-state index in [4.69, 9.17) is 4.42 Å². The molecular weight excluding hydrogens is 272 g/mol. The molecule has 5 nitrogen and oxygen atoms in total. The smallest absolute Gasteiger partial charge is 0.194 e. The Morgan fingerprint density at radius 1 is 1.55 bits per heavy atom. The molecule has 0 radical (unpaired) electrons. The zero-order valence-corrected chi connectivity index (χ0v) is 12.9. The van der Waals surface area contributed by atoms with Crippen LogP contribution in [0, 0.1) is 0 Å². The van der Waals surface area contributed by atoms with Crippen molar-refractivity contribution in [3.63, 3.8) is 0 Å². The van der Waals surface area contributed by atoms with Crippen LogP contribution >= 0.6 is 11.3 Å². The Morgan fingerprint density at radius 2 is 2.40 bits per heavy atom. The summed E-state index contributed by atoms with van der Waals surface area (Å²) in [4.78, 5) is 12.0. The number of guanidine groups is 1. The summed E-state index contributed by atoms with van der Waals surface area (Å²) in [5.74, 6) is 1.74. The number of hydrogen-bond acceptors (Lipinski definition) is 4. The second kappa shape index (κ2) is 7.09. The number of nitrogens with zero attached hydrogens (tertiary/aromatic N) is 3. The number of aromatic nitrogens is 1. The largest absolute Gasteiger partial charge is 0.467 e. The van der Waals surface area contributed by atoms with Gasteiger partial charge in [0.25, 0.3) is 0 Å². The lowest BCUT2D eigenvalue weighted by Gasteiger charge is -2.20. The molecule has 0 amide bonds. The molecule has 0 aliphatic carbocycles. The van der Waals surface area contributed by atoms with Gasteiger partial charge in [-0.3, -0.25) is 4.99 Å². The summed E-state index contributed by atoms with van der Waals surface area (Å²) < 4.78 is 5.34. The molecule has 0 aromatic carbocycles. The second-order valence-corrected chi connectivity index (χ2v) is 5.61. The summed E-state index contributed by atoms with van der Waals surface area (Å²) in [7, 11) is 3.76. The molecule has 0 unspecified atom stereocenters. The molecule has 108 valence electrons. The number of furan rings is 1. The molecule has 0 aliphatic rings. The van der Waals surface area contributed by atoms with Gasteiger partial charge in [-0.1, -0.05) is 6.92 Å². The van der Waals surface area contributed by atoms with Crippen molar-refractivity contribution in [1.29, 1.82) is 0 Å². The molecule has 6 heteroatoms. The normalized spacial score (nSPS) is 11.7. The quantitative estimate of drug-likeness (QED) is 0.679. The third kappa shape index (κ3) is 3.84. The van der Waals surface area contributed by atoms with Crippen molar-refractivity contribution < 1.29 is 4.42 Å². The van der Waals surface area contributed by atoms with Crippen LogP contribution in [0.1, 0.15) is 22.6 Å². The molecule has 0 saturated heterocycles. The average molecular weight is 292 g/mol. The molecule has 0 saturated carbocycles. The SMILES string of the molecule is CCc1cnc(CNC(=NC)N(C)Cc2ccco2)s1. The maximum Gasteiger partial charge on any atom is 0.194 e. The van der Waals surface area contributed by atoms with Crippen molar-refractivity contribution in [2.75, 3.05) is 14.1 Å². The van der Waals surface area contributed by atoms with Crippen LogP contribution in [0.3, 0.4) is 0 Å². The van der Waals surface area contributed by atoms with E-state index in [0.29, 0.717) is 13.1 Å². The highest BCUT2D eigenvalue weighted by atomic mass is 32.1. The van der Waals surface area contributed by atoms with Gasteiger partial charge in [-0.05, 0) is 18.6 Å². The third-order valence-corrected chi connectivity index (χ3v) is 4.04. The van der Waals surface area contributed by atoms with Gasteiger partial charge in [0.1, 0.15) is 10.8 Å². The molecule has 2 rings (SSSR count). The first kappa shape index (κ1) is 14.6. The van der Waals surface area contributed by atoms with Crippen LogP contribution in [0.25, 0.3) is 0 Å². The van der Waals surface area contributed by atoms with Crippen LogP contribution in [0.15, 0.2) is 34.0 Å². The number of aliphatic imine (C=N–C) groups is 1. The summed E-state index contributed by atoms with van der Waals surface area (Å²) in [5, 5.41) is 4.40. The van der Waals surface area contributed by atoms with Crippen molar-refractivity contribution >= 4 is 17.3 Å². The minimum atomic E-state index is 0.685. The minimum absolute atomic E-state index is 0.685. The molecule has 0 spiro atoms. The second-order valence-electron chi connectivity index (χ2n) is 4.41. The minimum Gasteiger partial charge on any atom is -0.467 e. The van der Waals surface area contributed by atoms with Gasteiger partial charge in [-0.15, -0.1) is 11.3 Å². The highest BCUT2D eigenvalue weighted by Crippen LogP contribution is 2.13. The number of aryl methyl sites for hydroxylation is 1. The Balaban J connectivity index is 1.88. The van der Waals surface area contributed by atoms with Crippen LogP contribution < -0.4 is 5.32 Å². The Hall–Kier alpha value is -1.82. The van der Waals surface area contributed by atoms with E-state index in [1.165, 1.54) is 4.88 Å². The third-order valence-electron chi connectivity index (χ3n) is 2.89. The van der Waals surface area contributed by atoms with E-state index < -0.39 is 0 Å². The van der Waals surface area contributed by atoms with Crippen LogP contribution in [-0.2, 0) is 19.5 Å². The van der Waals surface area contributed by atoms with E-state index in [1.807, 2.05) is 30.3 Å². The molecule has 0 bridgehead atoms. The lowest BCUT2D eigenvalue weighted by atomic mass is 10.4. The molecule has 2 heterocycles. The molecule has 1 N–H and O–H groups in total. The van der Waals surface area contributed by atoms with E-state index in [2.05, 4.69) is 22.2 Å². The zero-order chi connectivity index (χ0) is 14.4. The van der Waals surface area contributed by atoms with Gasteiger partial charge in [0, 0.05) is 25.2 Å². The molecule has 0 fully saturated rings. The zero-order valence-electron chi connectivity index (χ0n) is 12.1. The van der Waals surface area contributed by atoms with Crippen molar-refractivity contribution in [3.8, 4) is 0 Å². The summed E-state index contributed by atoms with van der Waals surface area (Å²) in [5.41, 5.74) is 0. The maximum absolute atomic E-state index is 5.34. The lowest BCUT2D eigenvalue weighted by Crippen LogP contribution is -2.37. The number of rotatable bonds is 5. The van der Waals surface area contributed by atoms with Crippen molar-refractivity contribution in [2.45, 2.75) is 26.4 Å². The van der Waals surface area contributed by atoms with Gasteiger partial charge in [-0.2, -0.15) is 0 Å². The number of thiazole rings is 1. The Labute approximate surface area is 123 Å². The fourth-order valence-corrected chi connectivity index (χ4v) is 2.65. The lowest BCUT2D eigenvalue weighted by molar-refractivity contribution is 0.400. The Morgan fingerprint density at radius 3 is 3.00 bits per heavy atom. The van der Waals surface area contributed by atoms with Crippen LogP contribution in [0.4, 0.5) is 0 Å². The van der Waals surface area contributed by atoms with Gasteiger partial charge in [0.2, 0.25) is 0 Å². The van der Waals surface area contributed by atoms with Crippen molar-refractivity contribution in [3.05, 3.63) is 40.2 Å². The van der Waals surface area contributed by atoms with Gasteiger partial charge in [0.15, 0.2) is 5.96 Å². The molecule has 2 aromatic heterocycles. The highest BCUT2D eigenvalue weighted by molar-refractivity contribution is 7.11. The fourth-order valence-electron chi connectivity index (χ4n) is 1.84. The fraction of sp³-hybridized carbons (Fsp3) is 0.429. The van der Waals surface area contributed by atoms with E-state index in [0.717, 1.165) is 23.1 Å². The number of hydrogen-bond donors (Lipinski definition) is 1.